The molecule has 2 aromatic heterocycles. The number of hydrogen-bond acceptors (Lipinski definition) is 4. The van der Waals surface area contributed by atoms with Gasteiger partial charge in [-0.15, -0.1) is 11.3 Å². The first-order valence-corrected chi connectivity index (χ1v) is 11.1. The Labute approximate surface area is 186 Å². The molecule has 0 atom stereocenters. The smallest absolute Gasteiger partial charge is 0.315 e. The highest BCUT2D eigenvalue weighted by molar-refractivity contribution is 7.12. The summed E-state index contributed by atoms with van der Waals surface area (Å²) in [7, 11) is 0. The van der Waals surface area contributed by atoms with E-state index in [1.807, 2.05) is 90.6 Å². The van der Waals surface area contributed by atoms with Gasteiger partial charge >= 0.3 is 6.03 Å². The number of aromatic nitrogens is 3. The monoisotopic (exact) mass is 431 g/mol. The van der Waals surface area contributed by atoms with Crippen molar-refractivity contribution in [2.24, 2.45) is 0 Å². The van der Waals surface area contributed by atoms with Crippen LogP contribution in [0.25, 0.3) is 5.13 Å². The Morgan fingerprint density at radius 2 is 1.68 bits per heavy atom. The summed E-state index contributed by atoms with van der Waals surface area (Å²) in [6, 6.07) is 21.6. The first-order chi connectivity index (χ1) is 15.1. The molecule has 0 saturated carbocycles. The van der Waals surface area contributed by atoms with Crippen molar-refractivity contribution < 1.29 is 4.79 Å². The quantitative estimate of drug-likeness (QED) is 0.450. The van der Waals surface area contributed by atoms with Crippen LogP contribution < -0.4 is 10.6 Å². The highest BCUT2D eigenvalue weighted by Gasteiger charge is 2.16. The minimum atomic E-state index is -0.209. The van der Waals surface area contributed by atoms with Gasteiger partial charge in [0.2, 0.25) is 5.13 Å². The molecule has 0 aliphatic rings. The molecular formula is C24H25N5OS. The highest BCUT2D eigenvalue weighted by atomic mass is 32.1. The van der Waals surface area contributed by atoms with Crippen LogP contribution >= 0.6 is 11.3 Å². The van der Waals surface area contributed by atoms with Gasteiger partial charge in [0.25, 0.3) is 0 Å². The highest BCUT2D eigenvalue weighted by Crippen LogP contribution is 2.21. The standard InChI is InChI=1S/C24H25N5OS/c1-17-15-18(2)29(28-17)24-26-21(16-31-24)13-14-25-23(30)27-22(19-9-5-3-6-10-19)20-11-7-4-8-12-20/h3-12,15-16,22H,13-14H2,1-2H3,(H2,25,27,30). The van der Waals surface area contributed by atoms with Crippen LogP contribution in [-0.2, 0) is 6.42 Å². The zero-order valence-electron chi connectivity index (χ0n) is 17.6. The molecule has 7 heteroatoms. The molecule has 0 unspecified atom stereocenters. The Bertz CT molecular complexity index is 1100. The Hall–Kier alpha value is -3.45. The molecule has 0 aliphatic heterocycles. The van der Waals surface area contributed by atoms with E-state index in [1.165, 1.54) is 0 Å². The normalized spacial score (nSPS) is 10.9. The van der Waals surface area contributed by atoms with E-state index < -0.39 is 0 Å². The lowest BCUT2D eigenvalue weighted by molar-refractivity contribution is 0.239. The molecule has 158 valence electrons. The van der Waals surface area contributed by atoms with E-state index >= 15 is 0 Å². The summed E-state index contributed by atoms with van der Waals surface area (Å²) in [5, 5.41) is 13.4. The summed E-state index contributed by atoms with van der Waals surface area (Å²) >= 11 is 1.56. The van der Waals surface area contributed by atoms with Crippen LogP contribution in [0.2, 0.25) is 0 Å². The molecule has 0 radical (unpaired) electrons. The van der Waals surface area contributed by atoms with Crippen LogP contribution in [0, 0.1) is 13.8 Å². The third-order valence-electron chi connectivity index (χ3n) is 4.94. The second kappa shape index (κ2) is 9.57. The summed E-state index contributed by atoms with van der Waals surface area (Å²) in [5.41, 5.74) is 5.05. The van der Waals surface area contributed by atoms with Crippen molar-refractivity contribution in [3.05, 3.63) is 100 Å². The van der Waals surface area contributed by atoms with E-state index in [1.54, 1.807) is 11.3 Å². The van der Waals surface area contributed by atoms with E-state index in [9.17, 15) is 4.79 Å². The topological polar surface area (TPSA) is 71.8 Å². The maximum Gasteiger partial charge on any atom is 0.315 e. The van der Waals surface area contributed by atoms with Gasteiger partial charge in [-0.05, 0) is 31.0 Å². The van der Waals surface area contributed by atoms with E-state index in [2.05, 4.69) is 20.7 Å². The number of rotatable bonds is 7. The van der Waals surface area contributed by atoms with Crippen LogP contribution in [0.15, 0.2) is 72.1 Å². The second-order valence-corrected chi connectivity index (χ2v) is 8.20. The summed E-state index contributed by atoms with van der Waals surface area (Å²) in [5.74, 6) is 0. The number of nitrogens with one attached hydrogen (secondary N) is 2. The molecule has 2 aromatic carbocycles. The van der Waals surface area contributed by atoms with Gasteiger partial charge < -0.3 is 10.6 Å². The SMILES string of the molecule is Cc1cc(C)n(-c2nc(CCNC(=O)NC(c3ccccc3)c3ccccc3)cs2)n1. The van der Waals surface area contributed by atoms with Crippen LogP contribution in [0.5, 0.6) is 0 Å². The van der Waals surface area contributed by atoms with Crippen molar-refractivity contribution in [3.63, 3.8) is 0 Å². The number of nitrogens with zero attached hydrogens (tertiary/aromatic N) is 3. The van der Waals surface area contributed by atoms with Crippen molar-refractivity contribution in [2.45, 2.75) is 26.3 Å². The number of hydrogen-bond donors (Lipinski definition) is 2. The predicted molar refractivity (Wildman–Crippen MR) is 124 cm³/mol. The molecule has 4 aromatic rings. The first kappa shape index (κ1) is 20.8. The summed E-state index contributed by atoms with van der Waals surface area (Å²) in [4.78, 5) is 17.3. The molecule has 0 bridgehead atoms. The number of urea groups is 1. The fourth-order valence-corrected chi connectivity index (χ4v) is 4.33. The van der Waals surface area contributed by atoms with E-state index in [-0.39, 0.29) is 12.1 Å². The minimum absolute atomic E-state index is 0.202. The zero-order chi connectivity index (χ0) is 21.6. The minimum Gasteiger partial charge on any atom is -0.338 e. The van der Waals surface area contributed by atoms with Crippen molar-refractivity contribution in [3.8, 4) is 5.13 Å². The molecule has 6 nitrogen and oxygen atoms in total. The Balaban J connectivity index is 1.36. The van der Waals surface area contributed by atoms with Gasteiger partial charge in [-0.3, -0.25) is 0 Å². The van der Waals surface area contributed by atoms with Crippen LogP contribution in [-0.4, -0.2) is 27.3 Å². The largest absolute Gasteiger partial charge is 0.338 e. The third-order valence-corrected chi connectivity index (χ3v) is 5.80. The van der Waals surface area contributed by atoms with Crippen LogP contribution in [0.3, 0.4) is 0 Å². The van der Waals surface area contributed by atoms with Crippen molar-refractivity contribution in [1.29, 1.82) is 0 Å². The number of aryl methyl sites for hydroxylation is 2. The predicted octanol–water partition coefficient (Wildman–Crippen LogP) is 4.58. The Kier molecular flexibility index (Phi) is 6.43. The van der Waals surface area contributed by atoms with Crippen molar-refractivity contribution in [1.82, 2.24) is 25.4 Å². The molecular weight excluding hydrogens is 406 g/mol. The summed E-state index contributed by atoms with van der Waals surface area (Å²) in [6.45, 7) is 4.49. The maximum atomic E-state index is 12.6. The summed E-state index contributed by atoms with van der Waals surface area (Å²) in [6.07, 6.45) is 0.657. The van der Waals surface area contributed by atoms with Gasteiger partial charge in [0.05, 0.1) is 17.4 Å². The van der Waals surface area contributed by atoms with Gasteiger partial charge in [-0.2, -0.15) is 5.10 Å². The lowest BCUT2D eigenvalue weighted by Gasteiger charge is -2.20. The van der Waals surface area contributed by atoms with E-state index in [0.29, 0.717) is 13.0 Å². The van der Waals surface area contributed by atoms with Crippen molar-refractivity contribution >= 4 is 17.4 Å². The van der Waals surface area contributed by atoms with Crippen LogP contribution in [0.4, 0.5) is 4.79 Å². The number of thiazole rings is 1. The van der Waals surface area contributed by atoms with E-state index in [0.717, 1.165) is 33.3 Å². The molecule has 31 heavy (non-hydrogen) atoms. The Morgan fingerprint density at radius 3 is 2.26 bits per heavy atom. The lowest BCUT2D eigenvalue weighted by Crippen LogP contribution is -2.39. The van der Waals surface area contributed by atoms with Gasteiger partial charge in [-0.1, -0.05) is 60.7 Å². The number of carbonyl (C=O) groups excluding carboxylic acids is 1. The molecule has 0 saturated heterocycles. The van der Waals surface area contributed by atoms with E-state index in [4.69, 9.17) is 0 Å². The van der Waals surface area contributed by atoms with Gasteiger partial charge in [-0.25, -0.2) is 14.5 Å². The molecule has 4 rings (SSSR count). The Morgan fingerprint density at radius 1 is 1.03 bits per heavy atom. The average molecular weight is 432 g/mol. The third kappa shape index (κ3) is 5.19. The first-order valence-electron chi connectivity index (χ1n) is 10.2. The van der Waals surface area contributed by atoms with Crippen LogP contribution in [0.1, 0.15) is 34.3 Å². The molecule has 0 fully saturated rings. The lowest BCUT2D eigenvalue weighted by atomic mass is 9.99. The zero-order valence-corrected chi connectivity index (χ0v) is 18.4. The fourth-order valence-electron chi connectivity index (χ4n) is 3.47. The molecule has 2 amide bonds. The van der Waals surface area contributed by atoms with Gasteiger partial charge in [0, 0.05) is 24.0 Å². The molecule has 0 spiro atoms. The number of benzene rings is 2. The second-order valence-electron chi connectivity index (χ2n) is 7.36. The number of amides is 2. The molecule has 2 N–H and O–H groups in total. The maximum absolute atomic E-state index is 12.6. The van der Waals surface area contributed by atoms with Gasteiger partial charge in [0.15, 0.2) is 0 Å². The molecule has 2 heterocycles. The molecule has 0 aliphatic carbocycles. The van der Waals surface area contributed by atoms with Gasteiger partial charge in [0.1, 0.15) is 0 Å². The van der Waals surface area contributed by atoms with Crippen molar-refractivity contribution in [2.75, 3.05) is 6.54 Å². The number of carbonyl (C=O) groups is 1. The average Bonchev–Trinajstić information content (AvgIpc) is 3.38. The summed E-state index contributed by atoms with van der Waals surface area (Å²) < 4.78 is 1.86. The fraction of sp³-hybridized carbons (Fsp3) is 0.208.